The van der Waals surface area contributed by atoms with Crippen LogP contribution in [0.15, 0.2) is 34.8 Å². The highest BCUT2D eigenvalue weighted by atomic mass is 79.9. The van der Waals surface area contributed by atoms with Crippen LogP contribution in [0.25, 0.3) is 10.9 Å². The molecule has 1 aliphatic heterocycles. The van der Waals surface area contributed by atoms with Gasteiger partial charge in [0.1, 0.15) is 17.5 Å². The normalized spacial score (nSPS) is 23.2. The van der Waals surface area contributed by atoms with Gasteiger partial charge in [0.25, 0.3) is 5.91 Å². The van der Waals surface area contributed by atoms with Crippen molar-refractivity contribution < 1.29 is 34.4 Å². The van der Waals surface area contributed by atoms with E-state index in [1.807, 2.05) is 0 Å². The molecule has 0 saturated carbocycles. The summed E-state index contributed by atoms with van der Waals surface area (Å²) in [5.41, 5.74) is -0.587. The van der Waals surface area contributed by atoms with Crippen LogP contribution in [-0.2, 0) is 4.79 Å². The number of anilines is 1. The molecule has 1 saturated heterocycles. The summed E-state index contributed by atoms with van der Waals surface area (Å²) >= 11 is 9.33. The third-order valence-electron chi connectivity index (χ3n) is 5.70. The monoisotopic (exact) mass is 587 g/mol. The van der Waals surface area contributed by atoms with Crippen molar-refractivity contribution in [2.45, 2.75) is 38.4 Å². The van der Waals surface area contributed by atoms with Crippen LogP contribution in [-0.4, -0.2) is 41.5 Å². The predicted molar refractivity (Wildman–Crippen MR) is 139 cm³/mol. The van der Waals surface area contributed by atoms with Crippen molar-refractivity contribution in [3.8, 4) is 0 Å². The number of rotatable bonds is 8. The number of carboxylic acid groups (broad SMARTS) is 1. The predicted octanol–water partition coefficient (Wildman–Crippen LogP) is 6.22. The average molecular weight is 589 g/mol. The molecule has 10 heteroatoms. The number of amides is 1. The lowest BCUT2D eigenvalue weighted by molar-refractivity contribution is -0.137. The minimum Gasteiger partial charge on any atom is -0.481 e. The van der Waals surface area contributed by atoms with E-state index in [1.165, 1.54) is 19.1 Å². The van der Waals surface area contributed by atoms with Crippen molar-refractivity contribution in [1.29, 1.82) is 0 Å². The van der Waals surface area contributed by atoms with Crippen LogP contribution in [0.1, 0.15) is 64.0 Å². The van der Waals surface area contributed by atoms with Crippen molar-refractivity contribution in [3.63, 3.8) is 0 Å². The van der Waals surface area contributed by atoms with E-state index in [0.29, 0.717) is 4.47 Å². The first kappa shape index (κ1) is 17.6. The Hall–Kier alpha value is -2.78. The molecule has 1 atom stereocenters. The molecule has 2 aromatic carbocycles. The number of nitrogens with one attached hydrogen (secondary N) is 1. The van der Waals surface area contributed by atoms with Crippen molar-refractivity contribution in [3.05, 3.63) is 68.2 Å². The fourth-order valence-corrected chi connectivity index (χ4v) is 4.67. The molecule has 1 unspecified atom stereocenters. The van der Waals surface area contributed by atoms with Gasteiger partial charge in [-0.1, -0.05) is 27.5 Å². The molecule has 4 rings (SSSR count). The first-order chi connectivity index (χ1) is 20.2. The van der Waals surface area contributed by atoms with Gasteiger partial charge in [-0.05, 0) is 56.4 Å². The Bertz CT molecular complexity index is 1660. The van der Waals surface area contributed by atoms with Gasteiger partial charge in [-0.2, -0.15) is 0 Å². The number of benzene rings is 2. The number of carboxylic acids is 1. The number of carbonyl (C=O) groups excluding carboxylic acids is 1. The van der Waals surface area contributed by atoms with Crippen molar-refractivity contribution >= 4 is 56.1 Å². The number of pyridine rings is 1. The first-order valence-electron chi connectivity index (χ1n) is 14.7. The number of carbonyl (C=O) groups is 2. The summed E-state index contributed by atoms with van der Waals surface area (Å²) in [7, 11) is 0. The molecule has 2 heterocycles. The van der Waals surface area contributed by atoms with Crippen LogP contribution in [0.3, 0.4) is 0 Å². The number of aliphatic carboxylic acids is 1. The maximum Gasteiger partial charge on any atom is 0.303 e. The van der Waals surface area contributed by atoms with Crippen LogP contribution >= 0.6 is 27.5 Å². The fraction of sp³-hybridized carbons (Fsp3) is 0.346. The molecule has 1 aromatic heterocycles. The van der Waals surface area contributed by atoms with Crippen LogP contribution in [0.5, 0.6) is 0 Å². The average Bonchev–Trinajstić information content (AvgIpc) is 2.98. The molecule has 0 bridgehead atoms. The molecular weight excluding hydrogens is 556 g/mol. The van der Waals surface area contributed by atoms with Gasteiger partial charge < -0.3 is 15.3 Å². The van der Waals surface area contributed by atoms with Crippen molar-refractivity contribution in [1.82, 2.24) is 10.3 Å². The highest BCUT2D eigenvalue weighted by molar-refractivity contribution is 9.10. The summed E-state index contributed by atoms with van der Waals surface area (Å²) in [4.78, 5) is 29.7. The smallest absolute Gasteiger partial charge is 0.303 e. The van der Waals surface area contributed by atoms with E-state index in [-0.39, 0.29) is 38.9 Å². The summed E-state index contributed by atoms with van der Waals surface area (Å²) in [6.45, 7) is -5.67. The minimum absolute atomic E-state index is 0.0558. The van der Waals surface area contributed by atoms with E-state index in [0.717, 1.165) is 12.1 Å². The highest BCUT2D eigenvalue weighted by Crippen LogP contribution is 2.34. The second-order valence-electron chi connectivity index (χ2n) is 8.00. The molecule has 0 aliphatic carbocycles. The van der Waals surface area contributed by atoms with Gasteiger partial charge >= 0.3 is 5.97 Å². The number of halogens is 4. The lowest BCUT2D eigenvalue weighted by Crippen LogP contribution is -2.31. The summed E-state index contributed by atoms with van der Waals surface area (Å²) in [5, 5.41) is 11.4. The molecule has 0 radical (unpaired) electrons. The Morgan fingerprint density at radius 3 is 2.64 bits per heavy atom. The van der Waals surface area contributed by atoms with Crippen LogP contribution in [0, 0.1) is 18.6 Å². The Balaban J connectivity index is 1.85. The van der Waals surface area contributed by atoms with Crippen molar-refractivity contribution in [2.75, 3.05) is 24.4 Å². The number of hydrogen-bond donors (Lipinski definition) is 2. The number of nitrogens with zero attached hydrogens (tertiary/aromatic N) is 2. The summed E-state index contributed by atoms with van der Waals surface area (Å²) in [6, 6.07) is 6.11. The molecule has 2 N–H and O–H groups in total. The van der Waals surface area contributed by atoms with Crippen LogP contribution in [0.2, 0.25) is 5.02 Å². The maximum absolute atomic E-state index is 14.8. The maximum atomic E-state index is 14.8. The van der Waals surface area contributed by atoms with Gasteiger partial charge in [0, 0.05) is 63.8 Å². The van der Waals surface area contributed by atoms with Gasteiger partial charge in [-0.3, -0.25) is 9.59 Å². The zero-order valence-electron chi connectivity index (χ0n) is 26.8. The molecule has 190 valence electrons. The highest BCUT2D eigenvalue weighted by Gasteiger charge is 2.26. The number of hydrogen-bond acceptors (Lipinski definition) is 4. The zero-order chi connectivity index (χ0) is 33.2. The van der Waals surface area contributed by atoms with Gasteiger partial charge in [-0.15, -0.1) is 0 Å². The second kappa shape index (κ2) is 11.1. The molecule has 0 spiro atoms. The summed E-state index contributed by atoms with van der Waals surface area (Å²) < 4.78 is 95.9. The Morgan fingerprint density at radius 1 is 1.25 bits per heavy atom. The molecule has 1 aliphatic rings. The van der Waals surface area contributed by atoms with Gasteiger partial charge in [0.15, 0.2) is 0 Å². The van der Waals surface area contributed by atoms with E-state index >= 15 is 0 Å². The largest absolute Gasteiger partial charge is 0.481 e. The zero-order valence-corrected chi connectivity index (χ0v) is 21.1. The van der Waals surface area contributed by atoms with Gasteiger partial charge in [-0.25, -0.2) is 13.8 Å². The molecular formula is C26H25BrClF2N3O3. The molecule has 36 heavy (non-hydrogen) atoms. The summed E-state index contributed by atoms with van der Waals surface area (Å²) in [5.74, 6) is -5.59. The Labute approximate surface area is 232 Å². The fourth-order valence-electron chi connectivity index (χ4n) is 4.00. The van der Waals surface area contributed by atoms with Crippen LogP contribution in [0.4, 0.5) is 14.6 Å². The molecule has 3 aromatic rings. The molecule has 1 fully saturated rings. The Morgan fingerprint density at radius 2 is 1.94 bits per heavy atom. The third kappa shape index (κ3) is 5.47. The number of fused-ring (bicyclic) bond motifs is 1. The summed E-state index contributed by atoms with van der Waals surface area (Å²) in [6.07, 6.45) is -7.42. The standard InChI is InChI=1S/C26H25BrClF2N3O3/c1-14-22(17-12-16(27)5-8-20(17)32-25(14)33-10-2-3-11-33)26(36)31-13-15(4-9-21(34)35)23-18(29)6-7-19(30)24(23)28/h5-8,12,15H,2-4,9-11,13H2,1H3,(H,31,36)(H,34,35)/i2D2,3D2,10D2,11D2. The van der Waals surface area contributed by atoms with Gasteiger partial charge in [0.05, 0.1) is 16.1 Å². The van der Waals surface area contributed by atoms with E-state index in [4.69, 9.17) is 22.6 Å². The quantitative estimate of drug-likeness (QED) is 0.306. The molecule has 6 nitrogen and oxygen atoms in total. The van der Waals surface area contributed by atoms with Crippen LogP contribution < -0.4 is 10.2 Å². The van der Waals surface area contributed by atoms with E-state index < -0.39 is 79.0 Å². The first-order valence-corrected chi connectivity index (χ1v) is 11.9. The Kier molecular flexibility index (Phi) is 5.43. The SMILES string of the molecule is [2H]C1([2H])N(c2nc3ccc(Br)cc3c(C(=O)NCC(CCC(=O)O)c3c(F)ccc(F)c3Cl)c2C)C([2H])([2H])C([2H])([2H])C1([2H])[2H]. The van der Waals surface area contributed by atoms with E-state index in [2.05, 4.69) is 26.2 Å². The van der Waals surface area contributed by atoms with Gasteiger partial charge in [0.2, 0.25) is 0 Å². The lowest BCUT2D eigenvalue weighted by Gasteiger charge is -2.23. The molecule has 1 amide bonds. The lowest BCUT2D eigenvalue weighted by atomic mass is 9.93. The van der Waals surface area contributed by atoms with E-state index in [9.17, 15) is 23.5 Å². The van der Waals surface area contributed by atoms with E-state index in [1.54, 1.807) is 6.07 Å². The van der Waals surface area contributed by atoms with Crippen molar-refractivity contribution in [2.24, 2.45) is 0 Å². The minimum atomic E-state index is -3.36. The third-order valence-corrected chi connectivity index (χ3v) is 6.58. The number of aromatic nitrogens is 1. The second-order valence-corrected chi connectivity index (χ2v) is 9.30. The topological polar surface area (TPSA) is 82.5 Å².